The minimum atomic E-state index is 0.817. The molecule has 0 aliphatic heterocycles. The van der Waals surface area contributed by atoms with E-state index in [0.29, 0.717) is 0 Å². The van der Waals surface area contributed by atoms with Crippen molar-refractivity contribution < 1.29 is 0 Å². The van der Waals surface area contributed by atoms with Gasteiger partial charge >= 0.3 is 0 Å². The first-order valence-electron chi connectivity index (χ1n) is 7.98. The van der Waals surface area contributed by atoms with Gasteiger partial charge in [0, 0.05) is 11.9 Å². The lowest BCUT2D eigenvalue weighted by Crippen LogP contribution is -2.36. The molecule has 1 fully saturated rings. The van der Waals surface area contributed by atoms with Crippen LogP contribution in [-0.2, 0) is 13.0 Å². The molecule has 0 bridgehead atoms. The molecule has 1 saturated carbocycles. The number of rotatable bonds is 6. The van der Waals surface area contributed by atoms with E-state index in [-0.39, 0.29) is 0 Å². The molecule has 1 aliphatic carbocycles. The first-order chi connectivity index (χ1) is 9.83. The summed E-state index contributed by atoms with van der Waals surface area (Å²) in [5.41, 5.74) is 2.58. The molecule has 2 unspecified atom stereocenters. The average molecular weight is 271 g/mol. The van der Waals surface area contributed by atoms with E-state index in [4.69, 9.17) is 5.10 Å². The van der Waals surface area contributed by atoms with Crippen molar-refractivity contribution in [2.24, 2.45) is 11.8 Å². The highest BCUT2D eigenvalue weighted by Crippen LogP contribution is 2.37. The number of nitrogens with one attached hydrogen (secondary N) is 1. The lowest BCUT2D eigenvalue weighted by Gasteiger charge is -2.36. The molecule has 1 aromatic heterocycles. The molecule has 2 atom stereocenters. The first kappa shape index (κ1) is 13.6. The largest absolute Gasteiger partial charge is 0.317 e. The number of nitrogens with zero attached hydrogens (tertiary/aromatic N) is 2. The van der Waals surface area contributed by atoms with E-state index in [1.165, 1.54) is 36.0 Å². The molecular formula is C17H25N3. The highest BCUT2D eigenvalue weighted by Gasteiger charge is 2.31. The van der Waals surface area contributed by atoms with Crippen LogP contribution in [0.3, 0.4) is 0 Å². The Hall–Kier alpha value is -1.35. The van der Waals surface area contributed by atoms with Crippen LogP contribution in [0, 0.1) is 11.8 Å². The molecule has 1 aromatic carbocycles. The maximum Gasteiger partial charge on any atom is 0.0706 e. The zero-order valence-electron chi connectivity index (χ0n) is 12.6. The molecule has 0 spiro atoms. The van der Waals surface area contributed by atoms with Crippen LogP contribution < -0.4 is 5.32 Å². The zero-order chi connectivity index (χ0) is 13.9. The van der Waals surface area contributed by atoms with Gasteiger partial charge in [0.15, 0.2) is 0 Å². The molecular weight excluding hydrogens is 246 g/mol. The van der Waals surface area contributed by atoms with Crippen LogP contribution >= 0.6 is 0 Å². The van der Waals surface area contributed by atoms with Gasteiger partial charge in [0.25, 0.3) is 0 Å². The second-order valence-electron chi connectivity index (χ2n) is 5.89. The van der Waals surface area contributed by atoms with Crippen LogP contribution in [0.15, 0.2) is 24.3 Å². The molecule has 0 amide bonds. The summed E-state index contributed by atoms with van der Waals surface area (Å²) in [5, 5.41) is 9.68. The minimum Gasteiger partial charge on any atom is -0.317 e. The number of hydrogen-bond acceptors (Lipinski definition) is 2. The summed E-state index contributed by atoms with van der Waals surface area (Å²) in [5.74, 6) is 1.66. The summed E-state index contributed by atoms with van der Waals surface area (Å²) in [6, 6.07) is 8.65. The predicted molar refractivity (Wildman–Crippen MR) is 83.9 cm³/mol. The normalized spacial score (nSPS) is 22.1. The summed E-state index contributed by atoms with van der Waals surface area (Å²) < 4.78 is 2.14. The summed E-state index contributed by atoms with van der Waals surface area (Å²) in [6.45, 7) is 7.56. The van der Waals surface area contributed by atoms with Gasteiger partial charge < -0.3 is 5.32 Å². The van der Waals surface area contributed by atoms with Crippen molar-refractivity contribution in [1.82, 2.24) is 15.1 Å². The third-order valence-corrected chi connectivity index (χ3v) is 4.72. The maximum atomic E-state index is 4.84. The van der Waals surface area contributed by atoms with Crippen molar-refractivity contribution >= 4 is 10.9 Å². The zero-order valence-corrected chi connectivity index (χ0v) is 12.6. The fourth-order valence-corrected chi connectivity index (χ4v) is 3.34. The van der Waals surface area contributed by atoms with Crippen LogP contribution in [0.2, 0.25) is 0 Å². The van der Waals surface area contributed by atoms with Crippen molar-refractivity contribution in [3.8, 4) is 0 Å². The van der Waals surface area contributed by atoms with Crippen molar-refractivity contribution in [2.75, 3.05) is 13.1 Å². The van der Waals surface area contributed by atoms with Gasteiger partial charge in [-0.2, -0.15) is 5.10 Å². The van der Waals surface area contributed by atoms with Crippen LogP contribution in [0.4, 0.5) is 0 Å². The Morgan fingerprint density at radius 3 is 2.70 bits per heavy atom. The Labute approximate surface area is 121 Å². The van der Waals surface area contributed by atoms with E-state index in [0.717, 1.165) is 31.3 Å². The molecule has 3 nitrogen and oxygen atoms in total. The molecule has 1 aliphatic rings. The Morgan fingerprint density at radius 2 is 2.00 bits per heavy atom. The maximum absolute atomic E-state index is 4.84. The van der Waals surface area contributed by atoms with Gasteiger partial charge in [-0.25, -0.2) is 0 Å². The van der Waals surface area contributed by atoms with Gasteiger partial charge in [0.2, 0.25) is 0 Å². The molecule has 0 radical (unpaired) electrons. The number of fused-ring (bicyclic) bond motifs is 1. The second-order valence-corrected chi connectivity index (χ2v) is 5.89. The summed E-state index contributed by atoms with van der Waals surface area (Å²) in [4.78, 5) is 0. The third-order valence-electron chi connectivity index (χ3n) is 4.72. The van der Waals surface area contributed by atoms with E-state index < -0.39 is 0 Å². The first-order valence-corrected chi connectivity index (χ1v) is 7.98. The molecule has 2 aromatic rings. The monoisotopic (exact) mass is 271 g/mol. The Morgan fingerprint density at radius 1 is 1.20 bits per heavy atom. The van der Waals surface area contributed by atoms with Gasteiger partial charge in [0.1, 0.15) is 0 Å². The van der Waals surface area contributed by atoms with Crippen LogP contribution in [0.1, 0.15) is 32.4 Å². The molecule has 20 heavy (non-hydrogen) atoms. The fraction of sp³-hybridized carbons (Fsp3) is 0.588. The third kappa shape index (κ3) is 2.47. The topological polar surface area (TPSA) is 29.9 Å². The molecule has 0 saturated heterocycles. The molecule has 3 rings (SSSR count). The predicted octanol–water partition coefficient (Wildman–Crippen LogP) is 3.23. The summed E-state index contributed by atoms with van der Waals surface area (Å²) in [7, 11) is 0. The average Bonchev–Trinajstić information content (AvgIpc) is 2.82. The van der Waals surface area contributed by atoms with E-state index in [1.54, 1.807) is 0 Å². The number of aromatic nitrogens is 2. The van der Waals surface area contributed by atoms with Crippen molar-refractivity contribution in [1.29, 1.82) is 0 Å². The molecule has 1 heterocycles. The highest BCUT2D eigenvalue weighted by molar-refractivity contribution is 5.81. The lowest BCUT2D eigenvalue weighted by atomic mass is 9.71. The Bertz CT molecular complexity index is 573. The fourth-order valence-electron chi connectivity index (χ4n) is 3.34. The standard InChI is InChI=1S/C17H25N3/c1-3-18-12-14-10-9-13(14)11-16-15-7-5-6-8-17(15)20(4-2)19-16/h5-8,13-14,18H,3-4,9-12H2,1-2H3. The van der Waals surface area contributed by atoms with Crippen molar-refractivity contribution in [2.45, 2.75) is 39.7 Å². The van der Waals surface area contributed by atoms with E-state index in [9.17, 15) is 0 Å². The van der Waals surface area contributed by atoms with Crippen molar-refractivity contribution in [3.05, 3.63) is 30.0 Å². The Kier molecular flexibility index (Phi) is 4.06. The van der Waals surface area contributed by atoms with E-state index in [1.807, 2.05) is 0 Å². The number of benzene rings is 1. The SMILES string of the molecule is CCNCC1CCC1Cc1nn(CC)c2ccccc12. The minimum absolute atomic E-state index is 0.817. The number of hydrogen-bond donors (Lipinski definition) is 1. The molecule has 108 valence electrons. The number of para-hydroxylation sites is 1. The smallest absolute Gasteiger partial charge is 0.0706 e. The van der Waals surface area contributed by atoms with Crippen LogP contribution in [0.25, 0.3) is 10.9 Å². The van der Waals surface area contributed by atoms with E-state index >= 15 is 0 Å². The molecule has 1 N–H and O–H groups in total. The van der Waals surface area contributed by atoms with Gasteiger partial charge in [-0.05, 0) is 57.2 Å². The van der Waals surface area contributed by atoms with Crippen LogP contribution in [-0.4, -0.2) is 22.9 Å². The highest BCUT2D eigenvalue weighted by atomic mass is 15.3. The molecule has 3 heteroatoms. The van der Waals surface area contributed by atoms with Gasteiger partial charge in [-0.15, -0.1) is 0 Å². The van der Waals surface area contributed by atoms with Crippen molar-refractivity contribution in [3.63, 3.8) is 0 Å². The van der Waals surface area contributed by atoms with Gasteiger partial charge in [-0.1, -0.05) is 25.1 Å². The summed E-state index contributed by atoms with van der Waals surface area (Å²) in [6.07, 6.45) is 3.89. The lowest BCUT2D eigenvalue weighted by molar-refractivity contribution is 0.170. The van der Waals surface area contributed by atoms with Gasteiger partial charge in [-0.3, -0.25) is 4.68 Å². The summed E-state index contributed by atoms with van der Waals surface area (Å²) >= 11 is 0. The number of aryl methyl sites for hydroxylation is 1. The van der Waals surface area contributed by atoms with Crippen LogP contribution in [0.5, 0.6) is 0 Å². The van der Waals surface area contributed by atoms with E-state index in [2.05, 4.69) is 48.1 Å². The van der Waals surface area contributed by atoms with Gasteiger partial charge in [0.05, 0.1) is 11.2 Å². The Balaban J connectivity index is 1.77. The second kappa shape index (κ2) is 5.96. The quantitative estimate of drug-likeness (QED) is 0.874.